The summed E-state index contributed by atoms with van der Waals surface area (Å²) in [5, 5.41) is 8.92. The van der Waals surface area contributed by atoms with E-state index in [9.17, 15) is 4.39 Å². The van der Waals surface area contributed by atoms with Gasteiger partial charge in [0, 0.05) is 41.5 Å². The first-order valence-corrected chi connectivity index (χ1v) is 11.2. The minimum absolute atomic E-state index is 0.248. The molecule has 8 nitrogen and oxygen atoms in total. The van der Waals surface area contributed by atoms with Crippen molar-refractivity contribution in [3.05, 3.63) is 76.0 Å². The molecule has 0 saturated heterocycles. The molecule has 0 aliphatic carbocycles. The molecule has 172 valence electrons. The molecule has 3 heterocycles. The Morgan fingerprint density at radius 2 is 2.03 bits per heavy atom. The molecular formula is C23H24BrFN6O2. The third-order valence-electron chi connectivity index (χ3n) is 5.17. The van der Waals surface area contributed by atoms with Crippen LogP contribution in [0.4, 0.5) is 10.2 Å². The average Bonchev–Trinajstić information content (AvgIpc) is 3.43. The van der Waals surface area contributed by atoms with E-state index in [1.54, 1.807) is 30.1 Å². The molecule has 0 amide bonds. The SMILES string of the molecule is CCn1cc(Cc2cc(OC)nn2-c2ccc(F)cc2[C@@H](C)Oc2cc(Br)cnc2N)cn1. The van der Waals surface area contributed by atoms with Gasteiger partial charge < -0.3 is 15.2 Å². The van der Waals surface area contributed by atoms with Crippen LogP contribution in [-0.4, -0.2) is 31.7 Å². The number of methoxy groups -OCH3 is 1. The van der Waals surface area contributed by atoms with E-state index >= 15 is 0 Å². The number of hydrogen-bond donors (Lipinski definition) is 1. The number of nitrogens with zero attached hydrogens (tertiary/aromatic N) is 5. The van der Waals surface area contributed by atoms with Crippen molar-refractivity contribution < 1.29 is 13.9 Å². The second-order valence-electron chi connectivity index (χ2n) is 7.47. The zero-order valence-corrected chi connectivity index (χ0v) is 20.1. The quantitative estimate of drug-likeness (QED) is 0.366. The third-order valence-corrected chi connectivity index (χ3v) is 5.61. The molecule has 0 fully saturated rings. The number of pyridine rings is 1. The fraction of sp³-hybridized carbons (Fsp3) is 0.261. The van der Waals surface area contributed by atoms with Gasteiger partial charge >= 0.3 is 0 Å². The maximum Gasteiger partial charge on any atom is 0.233 e. The lowest BCUT2D eigenvalue weighted by molar-refractivity contribution is 0.226. The van der Waals surface area contributed by atoms with Crippen LogP contribution < -0.4 is 15.2 Å². The van der Waals surface area contributed by atoms with Crippen molar-refractivity contribution in [2.45, 2.75) is 32.9 Å². The summed E-state index contributed by atoms with van der Waals surface area (Å²) in [6.45, 7) is 4.64. The van der Waals surface area contributed by atoms with Gasteiger partial charge in [-0.15, -0.1) is 5.10 Å². The van der Waals surface area contributed by atoms with Gasteiger partial charge in [0.25, 0.3) is 0 Å². The molecule has 1 aromatic carbocycles. The summed E-state index contributed by atoms with van der Waals surface area (Å²) >= 11 is 3.37. The van der Waals surface area contributed by atoms with Gasteiger partial charge in [-0.1, -0.05) is 0 Å². The van der Waals surface area contributed by atoms with Crippen LogP contribution >= 0.6 is 15.9 Å². The van der Waals surface area contributed by atoms with E-state index in [0.717, 1.165) is 22.3 Å². The number of aryl methyl sites for hydroxylation is 1. The molecule has 0 aliphatic rings. The Morgan fingerprint density at radius 1 is 1.21 bits per heavy atom. The number of benzene rings is 1. The number of ether oxygens (including phenoxy) is 2. The minimum Gasteiger partial charge on any atom is -0.482 e. The molecule has 0 saturated carbocycles. The molecule has 0 spiro atoms. The van der Waals surface area contributed by atoms with Crippen molar-refractivity contribution in [1.29, 1.82) is 0 Å². The molecule has 10 heteroatoms. The fourth-order valence-electron chi connectivity index (χ4n) is 3.53. The number of anilines is 1. The van der Waals surface area contributed by atoms with Crippen LogP contribution in [0.15, 0.2) is 53.4 Å². The van der Waals surface area contributed by atoms with E-state index < -0.39 is 6.10 Å². The summed E-state index contributed by atoms with van der Waals surface area (Å²) in [6.07, 6.45) is 5.44. The molecule has 2 N–H and O–H groups in total. The molecule has 4 rings (SSSR count). The van der Waals surface area contributed by atoms with Gasteiger partial charge in [-0.3, -0.25) is 4.68 Å². The summed E-state index contributed by atoms with van der Waals surface area (Å²) in [6, 6.07) is 8.10. The summed E-state index contributed by atoms with van der Waals surface area (Å²) in [5.41, 5.74) is 9.14. The lowest BCUT2D eigenvalue weighted by Gasteiger charge is -2.20. The topological polar surface area (TPSA) is 93.0 Å². The standard InChI is InChI=1S/C23H24BrFN6O2/c1-4-30-13-15(11-28-30)7-18-10-22(32-3)29-31(18)20-6-5-17(25)9-19(20)14(2)33-21-8-16(24)12-27-23(21)26/h5-6,8-14H,4,7H2,1-3H3,(H2,26,27)/t14-/m1/s1. The van der Waals surface area contributed by atoms with Gasteiger partial charge in [0.1, 0.15) is 11.9 Å². The molecule has 33 heavy (non-hydrogen) atoms. The molecule has 1 atom stereocenters. The monoisotopic (exact) mass is 514 g/mol. The maximum atomic E-state index is 14.3. The van der Waals surface area contributed by atoms with Crippen molar-refractivity contribution in [3.8, 4) is 17.3 Å². The highest BCUT2D eigenvalue weighted by Gasteiger charge is 2.20. The van der Waals surface area contributed by atoms with Crippen LogP contribution in [0.3, 0.4) is 0 Å². The first-order chi connectivity index (χ1) is 15.9. The molecule has 0 aliphatic heterocycles. The number of hydrogen-bond acceptors (Lipinski definition) is 6. The smallest absolute Gasteiger partial charge is 0.233 e. The second kappa shape index (κ2) is 9.62. The lowest BCUT2D eigenvalue weighted by Crippen LogP contribution is -2.12. The van der Waals surface area contributed by atoms with Gasteiger partial charge in [-0.05, 0) is 59.6 Å². The number of nitrogen functional groups attached to an aromatic ring is 1. The highest BCUT2D eigenvalue weighted by molar-refractivity contribution is 9.10. The highest BCUT2D eigenvalue weighted by atomic mass is 79.9. The predicted molar refractivity (Wildman–Crippen MR) is 126 cm³/mol. The predicted octanol–water partition coefficient (Wildman–Crippen LogP) is 4.71. The molecule has 4 aromatic rings. The summed E-state index contributed by atoms with van der Waals surface area (Å²) in [5.74, 6) is 0.723. The van der Waals surface area contributed by atoms with E-state index in [0.29, 0.717) is 29.3 Å². The summed E-state index contributed by atoms with van der Waals surface area (Å²) in [4.78, 5) is 4.10. The van der Waals surface area contributed by atoms with Crippen molar-refractivity contribution in [2.24, 2.45) is 0 Å². The Morgan fingerprint density at radius 3 is 2.76 bits per heavy atom. The van der Waals surface area contributed by atoms with Gasteiger partial charge in [-0.25, -0.2) is 14.1 Å². The Kier molecular flexibility index (Phi) is 6.64. The minimum atomic E-state index is -0.542. The highest BCUT2D eigenvalue weighted by Crippen LogP contribution is 2.32. The zero-order valence-electron chi connectivity index (χ0n) is 18.5. The fourth-order valence-corrected chi connectivity index (χ4v) is 3.84. The lowest BCUT2D eigenvalue weighted by atomic mass is 10.1. The Balaban J connectivity index is 1.73. The van der Waals surface area contributed by atoms with Crippen LogP contribution in [-0.2, 0) is 13.0 Å². The van der Waals surface area contributed by atoms with Gasteiger partial charge in [0.15, 0.2) is 11.6 Å². The summed E-state index contributed by atoms with van der Waals surface area (Å²) < 4.78 is 30.1. The molecule has 0 unspecified atom stereocenters. The van der Waals surface area contributed by atoms with E-state index in [1.807, 2.05) is 37.0 Å². The second-order valence-corrected chi connectivity index (χ2v) is 8.39. The number of rotatable bonds is 8. The molecular weight excluding hydrogens is 491 g/mol. The number of halogens is 2. The number of aromatic nitrogens is 5. The van der Waals surface area contributed by atoms with E-state index in [2.05, 4.69) is 31.1 Å². The van der Waals surface area contributed by atoms with Gasteiger partial charge in [0.2, 0.25) is 5.88 Å². The van der Waals surface area contributed by atoms with Gasteiger partial charge in [0.05, 0.1) is 24.7 Å². The first kappa shape index (κ1) is 22.8. The maximum absolute atomic E-state index is 14.3. The molecule has 3 aromatic heterocycles. The molecule has 0 radical (unpaired) electrons. The largest absolute Gasteiger partial charge is 0.482 e. The number of nitrogens with two attached hydrogens (primary N) is 1. The third kappa shape index (κ3) is 5.00. The summed E-state index contributed by atoms with van der Waals surface area (Å²) in [7, 11) is 1.56. The van der Waals surface area contributed by atoms with Crippen LogP contribution in [0.2, 0.25) is 0 Å². The van der Waals surface area contributed by atoms with Crippen molar-refractivity contribution in [1.82, 2.24) is 24.5 Å². The Labute approximate surface area is 199 Å². The van der Waals surface area contributed by atoms with Crippen LogP contribution in [0.1, 0.15) is 36.8 Å². The van der Waals surface area contributed by atoms with Crippen molar-refractivity contribution >= 4 is 21.7 Å². The first-order valence-electron chi connectivity index (χ1n) is 10.4. The zero-order chi connectivity index (χ0) is 23.5. The van der Waals surface area contributed by atoms with Crippen LogP contribution in [0.5, 0.6) is 11.6 Å². The normalized spacial score (nSPS) is 12.0. The van der Waals surface area contributed by atoms with Gasteiger partial charge in [-0.2, -0.15) is 5.10 Å². The van der Waals surface area contributed by atoms with Crippen molar-refractivity contribution in [3.63, 3.8) is 0 Å². The van der Waals surface area contributed by atoms with Crippen LogP contribution in [0.25, 0.3) is 5.69 Å². The Bertz CT molecular complexity index is 1270. The van der Waals surface area contributed by atoms with E-state index in [4.69, 9.17) is 15.2 Å². The van der Waals surface area contributed by atoms with E-state index in [1.165, 1.54) is 12.1 Å². The van der Waals surface area contributed by atoms with E-state index in [-0.39, 0.29) is 11.6 Å². The molecule has 0 bridgehead atoms. The van der Waals surface area contributed by atoms with Crippen molar-refractivity contribution in [2.75, 3.05) is 12.8 Å². The average molecular weight is 515 g/mol. The van der Waals surface area contributed by atoms with Crippen LogP contribution in [0, 0.1) is 5.82 Å². The Hall–Kier alpha value is -3.40.